The van der Waals surface area contributed by atoms with Crippen LogP contribution in [-0.4, -0.2) is 30.1 Å². The molecule has 19 heavy (non-hydrogen) atoms. The van der Waals surface area contributed by atoms with Crippen LogP contribution in [-0.2, 0) is 16.0 Å². The minimum atomic E-state index is -0.970. The summed E-state index contributed by atoms with van der Waals surface area (Å²) < 4.78 is 5.45. The lowest BCUT2D eigenvalue weighted by Crippen LogP contribution is -2.28. The molecule has 0 unspecified atom stereocenters. The number of rotatable bonds is 8. The van der Waals surface area contributed by atoms with Crippen LogP contribution < -0.4 is 10.1 Å². The number of benzene rings is 1. The van der Waals surface area contributed by atoms with Crippen molar-refractivity contribution in [3.63, 3.8) is 0 Å². The van der Waals surface area contributed by atoms with Crippen molar-refractivity contribution < 1.29 is 19.4 Å². The first kappa shape index (κ1) is 15.0. The molecular weight excluding hydrogens is 246 g/mol. The number of carboxylic acids is 1. The number of hydrogen-bond acceptors (Lipinski definition) is 3. The first-order valence-electron chi connectivity index (χ1n) is 6.32. The molecule has 1 aromatic carbocycles. The maximum atomic E-state index is 11.2. The van der Waals surface area contributed by atoms with E-state index in [9.17, 15) is 9.59 Å². The quantitative estimate of drug-likeness (QED) is 0.700. The lowest BCUT2D eigenvalue weighted by molar-refractivity contribution is -0.138. The van der Waals surface area contributed by atoms with Crippen LogP contribution in [0.15, 0.2) is 24.3 Å². The third kappa shape index (κ3) is 6.45. The van der Waals surface area contributed by atoms with Gasteiger partial charge in [0.05, 0.1) is 13.0 Å². The molecule has 1 amide bonds. The number of carboxylic acid groups (broad SMARTS) is 1. The van der Waals surface area contributed by atoms with E-state index in [0.717, 1.165) is 12.2 Å². The van der Waals surface area contributed by atoms with Gasteiger partial charge in [0, 0.05) is 6.42 Å². The van der Waals surface area contributed by atoms with Gasteiger partial charge in [0.25, 0.3) is 0 Å². The summed E-state index contributed by atoms with van der Waals surface area (Å²) >= 11 is 0. The van der Waals surface area contributed by atoms with Gasteiger partial charge in [-0.2, -0.15) is 0 Å². The van der Waals surface area contributed by atoms with Gasteiger partial charge in [-0.1, -0.05) is 19.1 Å². The maximum absolute atomic E-state index is 11.2. The number of hydrogen-bond donors (Lipinski definition) is 2. The molecule has 0 fully saturated rings. The second-order valence-corrected chi connectivity index (χ2v) is 4.09. The van der Waals surface area contributed by atoms with Gasteiger partial charge in [-0.05, 0) is 24.1 Å². The highest BCUT2D eigenvalue weighted by atomic mass is 16.5. The van der Waals surface area contributed by atoms with Crippen molar-refractivity contribution in [2.75, 3.05) is 13.2 Å². The Balaban J connectivity index is 2.16. The van der Waals surface area contributed by atoms with Gasteiger partial charge in [-0.25, -0.2) is 0 Å². The Hall–Kier alpha value is -2.04. The molecule has 0 radical (unpaired) electrons. The van der Waals surface area contributed by atoms with E-state index in [2.05, 4.69) is 12.2 Å². The minimum Gasteiger partial charge on any atom is -0.492 e. The summed E-state index contributed by atoms with van der Waals surface area (Å²) in [6, 6.07) is 7.79. The number of carbonyl (C=O) groups is 2. The van der Waals surface area contributed by atoms with Crippen LogP contribution in [0.4, 0.5) is 0 Å². The second-order valence-electron chi connectivity index (χ2n) is 4.09. The standard InChI is InChI=1S/C14H19NO4/c1-2-11-3-5-12(6-4-11)19-10-9-15-13(16)7-8-14(17)18/h3-6H,2,7-10H2,1H3,(H,15,16)(H,17,18). The SMILES string of the molecule is CCc1ccc(OCCNC(=O)CCC(=O)O)cc1. The fourth-order valence-corrected chi connectivity index (χ4v) is 1.49. The van der Waals surface area contributed by atoms with E-state index in [1.165, 1.54) is 5.56 Å². The highest BCUT2D eigenvalue weighted by molar-refractivity contribution is 5.80. The van der Waals surface area contributed by atoms with Crippen LogP contribution >= 0.6 is 0 Å². The summed E-state index contributed by atoms with van der Waals surface area (Å²) in [7, 11) is 0. The van der Waals surface area contributed by atoms with Crippen LogP contribution in [0.25, 0.3) is 0 Å². The zero-order chi connectivity index (χ0) is 14.1. The van der Waals surface area contributed by atoms with E-state index >= 15 is 0 Å². The predicted molar refractivity (Wildman–Crippen MR) is 71.2 cm³/mol. The van der Waals surface area contributed by atoms with Crippen molar-refractivity contribution in [3.05, 3.63) is 29.8 Å². The third-order valence-electron chi connectivity index (χ3n) is 2.59. The number of aryl methyl sites for hydroxylation is 1. The normalized spacial score (nSPS) is 9.95. The Morgan fingerprint density at radius 3 is 2.47 bits per heavy atom. The minimum absolute atomic E-state index is 0.000526. The highest BCUT2D eigenvalue weighted by Gasteiger charge is 2.04. The smallest absolute Gasteiger partial charge is 0.303 e. The Morgan fingerprint density at radius 1 is 1.21 bits per heavy atom. The lowest BCUT2D eigenvalue weighted by atomic mass is 10.2. The molecule has 2 N–H and O–H groups in total. The summed E-state index contributed by atoms with van der Waals surface area (Å²) in [4.78, 5) is 21.5. The van der Waals surface area contributed by atoms with Crippen molar-refractivity contribution in [2.24, 2.45) is 0 Å². The third-order valence-corrected chi connectivity index (χ3v) is 2.59. The van der Waals surface area contributed by atoms with Gasteiger partial charge in [-0.3, -0.25) is 9.59 Å². The summed E-state index contributed by atoms with van der Waals surface area (Å²) in [5.74, 6) is -0.480. The Labute approximate surface area is 112 Å². The monoisotopic (exact) mass is 265 g/mol. The van der Waals surface area contributed by atoms with Gasteiger partial charge in [0.2, 0.25) is 5.91 Å². The Bertz CT molecular complexity index is 414. The molecule has 1 rings (SSSR count). The summed E-state index contributed by atoms with van der Waals surface area (Å²) in [6.07, 6.45) is 0.839. The van der Waals surface area contributed by atoms with E-state index < -0.39 is 5.97 Å². The molecule has 5 heteroatoms. The van der Waals surface area contributed by atoms with Crippen LogP contribution in [0.2, 0.25) is 0 Å². The molecule has 0 atom stereocenters. The van der Waals surface area contributed by atoms with Crippen LogP contribution in [0.3, 0.4) is 0 Å². The predicted octanol–water partition coefficient (Wildman–Crippen LogP) is 1.61. The van der Waals surface area contributed by atoms with Crippen molar-refractivity contribution in [3.8, 4) is 5.75 Å². The molecule has 104 valence electrons. The summed E-state index contributed by atoms with van der Waals surface area (Å²) in [5, 5.41) is 11.0. The van der Waals surface area contributed by atoms with E-state index in [4.69, 9.17) is 9.84 Å². The molecule has 0 aliphatic carbocycles. The van der Waals surface area contributed by atoms with Crippen LogP contribution in [0.1, 0.15) is 25.3 Å². The fraction of sp³-hybridized carbons (Fsp3) is 0.429. The van der Waals surface area contributed by atoms with Gasteiger partial charge in [0.15, 0.2) is 0 Å². The first-order valence-corrected chi connectivity index (χ1v) is 6.32. The zero-order valence-corrected chi connectivity index (χ0v) is 11.0. The number of nitrogens with one attached hydrogen (secondary N) is 1. The van der Waals surface area contributed by atoms with Gasteiger partial charge >= 0.3 is 5.97 Å². The zero-order valence-electron chi connectivity index (χ0n) is 11.0. The first-order chi connectivity index (χ1) is 9.11. The number of ether oxygens (including phenoxy) is 1. The average molecular weight is 265 g/mol. The van der Waals surface area contributed by atoms with Crippen molar-refractivity contribution >= 4 is 11.9 Å². The molecule has 0 heterocycles. The summed E-state index contributed by atoms with van der Waals surface area (Å²) in [6.45, 7) is 2.82. The van der Waals surface area contributed by atoms with Gasteiger partial charge in [-0.15, -0.1) is 0 Å². The van der Waals surface area contributed by atoms with Crippen molar-refractivity contribution in [1.29, 1.82) is 0 Å². The fourth-order valence-electron chi connectivity index (χ4n) is 1.49. The topological polar surface area (TPSA) is 75.6 Å². The largest absolute Gasteiger partial charge is 0.492 e. The van der Waals surface area contributed by atoms with E-state index in [1.54, 1.807) is 0 Å². The average Bonchev–Trinajstić information content (AvgIpc) is 2.42. The van der Waals surface area contributed by atoms with Crippen LogP contribution in [0.5, 0.6) is 5.75 Å². The molecule has 0 bridgehead atoms. The van der Waals surface area contributed by atoms with Gasteiger partial charge < -0.3 is 15.2 Å². The van der Waals surface area contributed by atoms with E-state index in [0.29, 0.717) is 13.2 Å². The van der Waals surface area contributed by atoms with E-state index in [1.807, 2.05) is 24.3 Å². The molecule has 0 saturated heterocycles. The summed E-state index contributed by atoms with van der Waals surface area (Å²) in [5.41, 5.74) is 1.24. The molecule has 5 nitrogen and oxygen atoms in total. The van der Waals surface area contributed by atoms with Crippen molar-refractivity contribution in [1.82, 2.24) is 5.32 Å². The molecule has 0 aromatic heterocycles. The number of aliphatic carboxylic acids is 1. The number of carbonyl (C=O) groups excluding carboxylic acids is 1. The molecule has 1 aromatic rings. The van der Waals surface area contributed by atoms with Gasteiger partial charge in [0.1, 0.15) is 12.4 Å². The second kappa shape index (κ2) is 8.13. The van der Waals surface area contributed by atoms with Crippen molar-refractivity contribution in [2.45, 2.75) is 26.2 Å². The molecule has 0 aliphatic heterocycles. The maximum Gasteiger partial charge on any atom is 0.303 e. The Morgan fingerprint density at radius 2 is 1.89 bits per heavy atom. The molecule has 0 spiro atoms. The lowest BCUT2D eigenvalue weighted by Gasteiger charge is -2.08. The number of amides is 1. The highest BCUT2D eigenvalue weighted by Crippen LogP contribution is 2.11. The Kier molecular flexibility index (Phi) is 6.43. The molecular formula is C14H19NO4. The van der Waals surface area contributed by atoms with Crippen LogP contribution in [0, 0.1) is 0 Å². The molecule has 0 saturated carbocycles. The van der Waals surface area contributed by atoms with E-state index in [-0.39, 0.29) is 18.7 Å². The molecule has 0 aliphatic rings.